The van der Waals surface area contributed by atoms with Crippen molar-refractivity contribution in [3.05, 3.63) is 60.4 Å². The zero-order valence-electron chi connectivity index (χ0n) is 10.5. The van der Waals surface area contributed by atoms with E-state index in [1.807, 2.05) is 48.7 Å². The summed E-state index contributed by atoms with van der Waals surface area (Å²) in [6.45, 7) is 2.07. The van der Waals surface area contributed by atoms with Crippen LogP contribution in [0.15, 0.2) is 59.1 Å². The normalized spacial score (nSPS) is 11.4. The quantitative estimate of drug-likeness (QED) is 0.508. The van der Waals surface area contributed by atoms with E-state index in [1.165, 1.54) is 0 Å². The van der Waals surface area contributed by atoms with Gasteiger partial charge in [0.1, 0.15) is 16.9 Å². The molecule has 0 amide bonds. The summed E-state index contributed by atoms with van der Waals surface area (Å²) in [5, 5.41) is 1.10. The third kappa shape index (κ3) is 1.55. The van der Waals surface area contributed by atoms with Crippen molar-refractivity contribution in [3.8, 4) is 11.5 Å². The van der Waals surface area contributed by atoms with Crippen LogP contribution in [-0.2, 0) is 0 Å². The zero-order valence-corrected chi connectivity index (χ0v) is 10.5. The van der Waals surface area contributed by atoms with Gasteiger partial charge in [0, 0.05) is 17.3 Å². The second kappa shape index (κ2) is 3.72. The number of hydrogen-bond acceptors (Lipinski definition) is 2. The van der Waals surface area contributed by atoms with Crippen LogP contribution in [0.5, 0.6) is 0 Å². The van der Waals surface area contributed by atoms with Gasteiger partial charge in [0.05, 0.1) is 0 Å². The molecule has 3 aromatic heterocycles. The van der Waals surface area contributed by atoms with Crippen LogP contribution in [0.4, 0.5) is 0 Å². The molecule has 1 aromatic carbocycles. The molecule has 0 bridgehead atoms. The van der Waals surface area contributed by atoms with Crippen molar-refractivity contribution in [1.29, 1.82) is 0 Å². The third-order valence-electron chi connectivity index (χ3n) is 3.37. The Morgan fingerprint density at radius 3 is 2.79 bits per heavy atom. The summed E-state index contributed by atoms with van der Waals surface area (Å²) in [4.78, 5) is 4.61. The highest BCUT2D eigenvalue weighted by atomic mass is 16.3. The number of rotatable bonds is 1. The lowest BCUT2D eigenvalue weighted by atomic mass is 10.2. The number of furan rings is 1. The van der Waals surface area contributed by atoms with Crippen LogP contribution in [0.25, 0.3) is 28.1 Å². The van der Waals surface area contributed by atoms with E-state index in [-0.39, 0.29) is 0 Å². The number of aryl methyl sites for hydroxylation is 1. The molecule has 0 atom stereocenters. The first-order valence-electron chi connectivity index (χ1n) is 6.25. The fourth-order valence-corrected chi connectivity index (χ4v) is 2.38. The van der Waals surface area contributed by atoms with Crippen LogP contribution in [0, 0.1) is 6.92 Å². The first-order chi connectivity index (χ1) is 9.31. The van der Waals surface area contributed by atoms with Gasteiger partial charge in [-0.2, -0.15) is 0 Å². The molecule has 3 heteroatoms. The number of aromatic nitrogens is 2. The molecule has 0 aliphatic carbocycles. The number of hydrogen-bond donors (Lipinski definition) is 0. The monoisotopic (exact) mass is 248 g/mol. The molecular formula is C16H12N2O. The number of imidazole rings is 1. The highest BCUT2D eigenvalue weighted by Crippen LogP contribution is 2.27. The minimum absolute atomic E-state index is 0.810. The summed E-state index contributed by atoms with van der Waals surface area (Å²) < 4.78 is 7.92. The molecule has 3 heterocycles. The molecule has 0 aliphatic heterocycles. The van der Waals surface area contributed by atoms with E-state index >= 15 is 0 Å². The maximum absolute atomic E-state index is 5.85. The summed E-state index contributed by atoms with van der Waals surface area (Å²) in [5.74, 6) is 0.810. The Bertz CT molecular complexity index is 853. The first-order valence-corrected chi connectivity index (χ1v) is 6.25. The maximum atomic E-state index is 5.85. The summed E-state index contributed by atoms with van der Waals surface area (Å²) in [7, 11) is 0. The highest BCUT2D eigenvalue weighted by molar-refractivity contribution is 5.82. The lowest BCUT2D eigenvalue weighted by Crippen LogP contribution is -1.86. The Kier molecular flexibility index (Phi) is 2.03. The fourth-order valence-electron chi connectivity index (χ4n) is 2.38. The van der Waals surface area contributed by atoms with E-state index in [9.17, 15) is 0 Å². The number of fused-ring (bicyclic) bond motifs is 2. The lowest BCUT2D eigenvalue weighted by molar-refractivity contribution is 0.629. The van der Waals surface area contributed by atoms with Gasteiger partial charge in [-0.3, -0.25) is 0 Å². The van der Waals surface area contributed by atoms with Gasteiger partial charge >= 0.3 is 0 Å². The highest BCUT2D eigenvalue weighted by Gasteiger charge is 2.10. The molecule has 0 fully saturated rings. The van der Waals surface area contributed by atoms with E-state index in [2.05, 4.69) is 22.4 Å². The number of para-hydroxylation sites is 1. The summed E-state index contributed by atoms with van der Waals surface area (Å²) in [6, 6.07) is 16.1. The molecule has 0 saturated heterocycles. The van der Waals surface area contributed by atoms with Crippen LogP contribution in [0.1, 0.15) is 5.69 Å². The van der Waals surface area contributed by atoms with E-state index in [0.717, 1.165) is 33.8 Å². The lowest BCUT2D eigenvalue weighted by Gasteiger charge is -1.95. The number of benzene rings is 1. The van der Waals surface area contributed by atoms with Crippen LogP contribution in [0.2, 0.25) is 0 Å². The van der Waals surface area contributed by atoms with Crippen LogP contribution < -0.4 is 0 Å². The van der Waals surface area contributed by atoms with Gasteiger partial charge in [0.2, 0.25) is 0 Å². The minimum atomic E-state index is 0.810. The second-order valence-electron chi connectivity index (χ2n) is 4.67. The SMILES string of the molecule is Cc1cccc2nc(-c3cc4ccccc4o3)cn12. The predicted molar refractivity (Wildman–Crippen MR) is 75.1 cm³/mol. The molecule has 0 N–H and O–H groups in total. The largest absolute Gasteiger partial charge is 0.454 e. The van der Waals surface area contributed by atoms with Gasteiger partial charge in [-0.05, 0) is 31.2 Å². The van der Waals surface area contributed by atoms with Crippen LogP contribution >= 0.6 is 0 Å². The average Bonchev–Trinajstić information content (AvgIpc) is 3.02. The van der Waals surface area contributed by atoms with E-state index < -0.39 is 0 Å². The number of nitrogens with zero attached hydrogens (tertiary/aromatic N) is 2. The summed E-state index contributed by atoms with van der Waals surface area (Å²) >= 11 is 0. The molecule has 3 nitrogen and oxygen atoms in total. The molecular weight excluding hydrogens is 236 g/mol. The molecule has 92 valence electrons. The van der Waals surface area contributed by atoms with Gasteiger partial charge in [-0.25, -0.2) is 4.98 Å². The van der Waals surface area contributed by atoms with Crippen LogP contribution in [-0.4, -0.2) is 9.38 Å². The Morgan fingerprint density at radius 1 is 1.05 bits per heavy atom. The van der Waals surface area contributed by atoms with Gasteiger partial charge in [-0.15, -0.1) is 0 Å². The predicted octanol–water partition coefficient (Wildman–Crippen LogP) is 4.06. The van der Waals surface area contributed by atoms with E-state index in [0.29, 0.717) is 0 Å². The Hall–Kier alpha value is -2.55. The molecule has 0 radical (unpaired) electrons. The molecule has 0 unspecified atom stereocenters. The van der Waals surface area contributed by atoms with Gasteiger partial charge in [0.15, 0.2) is 5.76 Å². The number of pyridine rings is 1. The Labute approximate surface area is 110 Å². The Balaban J connectivity index is 1.96. The topological polar surface area (TPSA) is 30.4 Å². The maximum Gasteiger partial charge on any atom is 0.155 e. The molecule has 0 aliphatic rings. The molecule has 19 heavy (non-hydrogen) atoms. The van der Waals surface area contributed by atoms with E-state index in [4.69, 9.17) is 4.42 Å². The summed E-state index contributed by atoms with van der Waals surface area (Å²) in [5.41, 5.74) is 3.86. The molecule has 4 rings (SSSR count). The van der Waals surface area contributed by atoms with Crippen molar-refractivity contribution >= 4 is 16.6 Å². The first kappa shape index (κ1) is 10.4. The van der Waals surface area contributed by atoms with Crippen molar-refractivity contribution in [2.75, 3.05) is 0 Å². The van der Waals surface area contributed by atoms with Crippen molar-refractivity contribution < 1.29 is 4.42 Å². The third-order valence-corrected chi connectivity index (χ3v) is 3.37. The van der Waals surface area contributed by atoms with Gasteiger partial charge in [0.25, 0.3) is 0 Å². The van der Waals surface area contributed by atoms with Crippen molar-refractivity contribution in [1.82, 2.24) is 9.38 Å². The van der Waals surface area contributed by atoms with Gasteiger partial charge < -0.3 is 8.82 Å². The van der Waals surface area contributed by atoms with Crippen molar-refractivity contribution in [2.45, 2.75) is 6.92 Å². The average molecular weight is 248 g/mol. The van der Waals surface area contributed by atoms with Crippen LogP contribution in [0.3, 0.4) is 0 Å². The zero-order chi connectivity index (χ0) is 12.8. The molecule has 0 spiro atoms. The second-order valence-corrected chi connectivity index (χ2v) is 4.67. The van der Waals surface area contributed by atoms with Crippen molar-refractivity contribution in [2.24, 2.45) is 0 Å². The van der Waals surface area contributed by atoms with Crippen molar-refractivity contribution in [3.63, 3.8) is 0 Å². The summed E-state index contributed by atoms with van der Waals surface area (Å²) in [6.07, 6.45) is 2.02. The van der Waals surface area contributed by atoms with E-state index in [1.54, 1.807) is 0 Å². The standard InChI is InChI=1S/C16H12N2O/c1-11-5-4-8-16-17-13(10-18(11)16)15-9-12-6-2-3-7-14(12)19-15/h2-10H,1H3. The minimum Gasteiger partial charge on any atom is -0.454 e. The Morgan fingerprint density at radius 2 is 1.95 bits per heavy atom. The molecule has 0 saturated carbocycles. The fraction of sp³-hybridized carbons (Fsp3) is 0.0625. The molecule has 4 aromatic rings. The smallest absolute Gasteiger partial charge is 0.155 e. The van der Waals surface area contributed by atoms with Gasteiger partial charge in [-0.1, -0.05) is 24.3 Å².